The summed E-state index contributed by atoms with van der Waals surface area (Å²) in [5.74, 6) is 0.832. The van der Waals surface area contributed by atoms with Gasteiger partial charge in [-0.25, -0.2) is 0 Å². The lowest BCUT2D eigenvalue weighted by Gasteiger charge is -2.49. The second kappa shape index (κ2) is 9.33. The van der Waals surface area contributed by atoms with E-state index in [-0.39, 0.29) is 28.3 Å². The highest BCUT2D eigenvalue weighted by molar-refractivity contribution is 6.06. The molecule has 184 valence electrons. The van der Waals surface area contributed by atoms with Crippen LogP contribution in [-0.4, -0.2) is 43.3 Å². The Balaban J connectivity index is 1.89. The molecule has 0 saturated carbocycles. The van der Waals surface area contributed by atoms with Gasteiger partial charge in [0, 0.05) is 55.0 Å². The van der Waals surface area contributed by atoms with Gasteiger partial charge in [0.1, 0.15) is 5.75 Å². The number of Topliss-reactive ketones (excluding diaryl/α,β-unsaturated/α-hetero) is 2. The number of methoxy groups -OCH3 is 1. The molecule has 1 heterocycles. The van der Waals surface area contributed by atoms with Crippen molar-refractivity contribution >= 4 is 11.6 Å². The number of hydrogen-bond donors (Lipinski definition) is 0. The van der Waals surface area contributed by atoms with Crippen molar-refractivity contribution in [1.29, 1.82) is 0 Å². The SMILES string of the molecule is CCCOc1ccc(C2C3=C(CC(C)(C)CC3=O)N(CCOC)C3=C2C(=O)CC(C)(C)C3)cc1. The fraction of sp³-hybridized carbons (Fsp3) is 0.586. The van der Waals surface area contributed by atoms with E-state index in [9.17, 15) is 9.59 Å². The van der Waals surface area contributed by atoms with E-state index in [1.807, 2.05) is 24.3 Å². The average Bonchev–Trinajstić information content (AvgIpc) is 2.74. The highest BCUT2D eigenvalue weighted by Gasteiger charge is 2.48. The molecular weight excluding hydrogens is 426 g/mol. The Kier molecular flexibility index (Phi) is 6.78. The second-order valence-electron chi connectivity index (χ2n) is 11.6. The Morgan fingerprint density at radius 1 is 0.853 bits per heavy atom. The quantitative estimate of drug-likeness (QED) is 0.509. The number of benzene rings is 1. The first-order valence-electron chi connectivity index (χ1n) is 12.6. The van der Waals surface area contributed by atoms with Crippen molar-refractivity contribution in [2.24, 2.45) is 10.8 Å². The summed E-state index contributed by atoms with van der Waals surface area (Å²) in [6.45, 7) is 12.6. The van der Waals surface area contributed by atoms with Crippen molar-refractivity contribution in [1.82, 2.24) is 4.90 Å². The zero-order valence-corrected chi connectivity index (χ0v) is 21.6. The molecular formula is C29H39NO4. The lowest BCUT2D eigenvalue weighted by Crippen LogP contribution is -2.45. The number of rotatable bonds is 7. The predicted octanol–water partition coefficient (Wildman–Crippen LogP) is 5.81. The number of carbonyl (C=O) groups is 2. The van der Waals surface area contributed by atoms with Gasteiger partial charge in [-0.15, -0.1) is 0 Å². The maximum absolute atomic E-state index is 13.7. The first-order valence-corrected chi connectivity index (χ1v) is 12.6. The van der Waals surface area contributed by atoms with Gasteiger partial charge in [-0.1, -0.05) is 46.8 Å². The minimum absolute atomic E-state index is 0.115. The topological polar surface area (TPSA) is 55.8 Å². The third-order valence-electron chi connectivity index (χ3n) is 7.23. The van der Waals surface area contributed by atoms with Gasteiger partial charge < -0.3 is 14.4 Å². The molecule has 0 amide bonds. The molecule has 5 nitrogen and oxygen atoms in total. The summed E-state index contributed by atoms with van der Waals surface area (Å²) in [7, 11) is 1.70. The summed E-state index contributed by atoms with van der Waals surface area (Å²) < 4.78 is 11.2. The lowest BCUT2D eigenvalue weighted by atomic mass is 9.63. The van der Waals surface area contributed by atoms with Gasteiger partial charge in [-0.05, 0) is 47.8 Å². The molecule has 0 spiro atoms. The molecule has 0 bridgehead atoms. The van der Waals surface area contributed by atoms with Crippen molar-refractivity contribution in [3.05, 3.63) is 52.4 Å². The van der Waals surface area contributed by atoms with E-state index in [2.05, 4.69) is 39.5 Å². The summed E-state index contributed by atoms with van der Waals surface area (Å²) >= 11 is 0. The highest BCUT2D eigenvalue weighted by atomic mass is 16.5. The maximum Gasteiger partial charge on any atom is 0.162 e. The molecule has 0 saturated heterocycles. The average molecular weight is 466 g/mol. The van der Waals surface area contributed by atoms with E-state index >= 15 is 0 Å². The first-order chi connectivity index (χ1) is 16.1. The van der Waals surface area contributed by atoms with Crippen LogP contribution in [0.5, 0.6) is 5.75 Å². The Morgan fingerprint density at radius 3 is 1.85 bits per heavy atom. The molecule has 1 aliphatic heterocycles. The van der Waals surface area contributed by atoms with Crippen molar-refractivity contribution in [3.8, 4) is 5.75 Å². The van der Waals surface area contributed by atoms with Gasteiger partial charge in [0.15, 0.2) is 11.6 Å². The summed E-state index contributed by atoms with van der Waals surface area (Å²) in [6.07, 6.45) is 3.58. The van der Waals surface area contributed by atoms with Gasteiger partial charge in [0.25, 0.3) is 0 Å². The van der Waals surface area contributed by atoms with E-state index in [1.54, 1.807) is 7.11 Å². The fourth-order valence-electron chi connectivity index (χ4n) is 5.81. The van der Waals surface area contributed by atoms with Crippen LogP contribution in [0.25, 0.3) is 0 Å². The largest absolute Gasteiger partial charge is 0.494 e. The molecule has 4 rings (SSSR count). The van der Waals surface area contributed by atoms with Gasteiger partial charge in [0.2, 0.25) is 0 Å². The maximum atomic E-state index is 13.7. The number of nitrogens with zero attached hydrogens (tertiary/aromatic N) is 1. The second-order valence-corrected chi connectivity index (χ2v) is 11.6. The lowest BCUT2D eigenvalue weighted by molar-refractivity contribution is -0.119. The van der Waals surface area contributed by atoms with Gasteiger partial charge >= 0.3 is 0 Å². The number of carbonyl (C=O) groups excluding carboxylic acids is 2. The van der Waals surface area contributed by atoms with Crippen LogP contribution in [0.2, 0.25) is 0 Å². The third kappa shape index (κ3) is 4.72. The van der Waals surface area contributed by atoms with Crippen LogP contribution in [0, 0.1) is 10.8 Å². The molecule has 0 fully saturated rings. The summed E-state index contributed by atoms with van der Waals surface area (Å²) in [4.78, 5) is 29.6. The smallest absolute Gasteiger partial charge is 0.162 e. The van der Waals surface area contributed by atoms with E-state index < -0.39 is 0 Å². The fourth-order valence-corrected chi connectivity index (χ4v) is 5.81. The Morgan fingerprint density at radius 2 is 1.38 bits per heavy atom. The summed E-state index contributed by atoms with van der Waals surface area (Å²) in [5.41, 5.74) is 4.55. The number of allylic oxidation sites excluding steroid dienone is 4. The van der Waals surface area contributed by atoms with Crippen molar-refractivity contribution < 1.29 is 19.1 Å². The summed E-state index contributed by atoms with van der Waals surface area (Å²) in [6, 6.07) is 8.01. The van der Waals surface area contributed by atoms with Crippen LogP contribution in [0.3, 0.4) is 0 Å². The van der Waals surface area contributed by atoms with E-state index in [4.69, 9.17) is 9.47 Å². The van der Waals surface area contributed by atoms with Crippen molar-refractivity contribution in [2.45, 2.75) is 72.6 Å². The standard InChI is InChI=1S/C29H39NO4/c1-7-13-34-20-10-8-19(9-11-20)25-26-21(15-28(2,3)17-23(26)31)30(12-14-33-6)22-16-29(4,5)18-24(32)27(22)25/h8-11,25H,7,12-18H2,1-6H3. The number of ether oxygens (including phenoxy) is 2. The Hall–Kier alpha value is -2.40. The van der Waals surface area contributed by atoms with Crippen molar-refractivity contribution in [2.75, 3.05) is 26.9 Å². The molecule has 1 aromatic carbocycles. The zero-order chi connectivity index (χ0) is 24.7. The van der Waals surface area contributed by atoms with Crippen LogP contribution in [-0.2, 0) is 14.3 Å². The van der Waals surface area contributed by atoms with Crippen LogP contribution >= 0.6 is 0 Å². The molecule has 0 N–H and O–H groups in total. The first kappa shape index (κ1) is 24.7. The molecule has 0 radical (unpaired) electrons. The Bertz CT molecular complexity index is 975. The molecule has 1 aromatic rings. The molecule has 2 aliphatic carbocycles. The van der Waals surface area contributed by atoms with Gasteiger partial charge in [-0.2, -0.15) is 0 Å². The summed E-state index contributed by atoms with van der Waals surface area (Å²) in [5, 5.41) is 0. The Labute approximate surface area is 204 Å². The zero-order valence-electron chi connectivity index (χ0n) is 21.6. The predicted molar refractivity (Wildman–Crippen MR) is 134 cm³/mol. The molecule has 3 aliphatic rings. The molecule has 0 aromatic heterocycles. The highest BCUT2D eigenvalue weighted by Crippen LogP contribution is 2.54. The monoisotopic (exact) mass is 465 g/mol. The number of hydrogen-bond acceptors (Lipinski definition) is 5. The molecule has 0 atom stereocenters. The van der Waals surface area contributed by atoms with E-state index in [1.165, 1.54) is 0 Å². The normalized spacial score (nSPS) is 22.1. The molecule has 0 unspecified atom stereocenters. The van der Waals surface area contributed by atoms with Crippen LogP contribution in [0.1, 0.15) is 78.2 Å². The van der Waals surface area contributed by atoms with Crippen LogP contribution < -0.4 is 4.74 Å². The van der Waals surface area contributed by atoms with Gasteiger partial charge in [-0.3, -0.25) is 9.59 Å². The molecule has 34 heavy (non-hydrogen) atoms. The van der Waals surface area contributed by atoms with E-state index in [0.717, 1.165) is 53.1 Å². The van der Waals surface area contributed by atoms with Crippen molar-refractivity contribution in [3.63, 3.8) is 0 Å². The van der Waals surface area contributed by atoms with Gasteiger partial charge in [0.05, 0.1) is 13.2 Å². The minimum Gasteiger partial charge on any atom is -0.494 e. The van der Waals surface area contributed by atoms with Crippen LogP contribution in [0.4, 0.5) is 0 Å². The van der Waals surface area contributed by atoms with Crippen LogP contribution in [0.15, 0.2) is 46.8 Å². The minimum atomic E-state index is -0.309. The van der Waals surface area contributed by atoms with E-state index in [0.29, 0.717) is 32.6 Å². The number of ketones is 2. The third-order valence-corrected chi connectivity index (χ3v) is 7.23. The molecule has 5 heteroatoms.